The smallest absolute Gasteiger partial charge is 0.231 e. The van der Waals surface area contributed by atoms with Crippen LogP contribution in [0.5, 0.6) is 0 Å². The van der Waals surface area contributed by atoms with Gasteiger partial charge in [0.1, 0.15) is 5.52 Å². The molecule has 6 nitrogen and oxygen atoms in total. The van der Waals surface area contributed by atoms with E-state index in [9.17, 15) is 0 Å². The van der Waals surface area contributed by atoms with E-state index in [2.05, 4.69) is 74.2 Å². The highest BCUT2D eigenvalue weighted by Gasteiger charge is 2.23. The van der Waals surface area contributed by atoms with Gasteiger partial charge in [-0.15, -0.1) is 0 Å². The predicted octanol–water partition coefficient (Wildman–Crippen LogP) is 4.92. The summed E-state index contributed by atoms with van der Waals surface area (Å²) in [5.41, 5.74) is 6.21. The average Bonchev–Trinajstić information content (AvgIpc) is 3.42. The molecule has 0 N–H and O–H groups in total. The molecule has 3 aromatic carbocycles. The molecule has 0 saturated carbocycles. The molecular weight excluding hydrogens is 372 g/mol. The Balaban J connectivity index is 1.90. The van der Waals surface area contributed by atoms with Crippen molar-refractivity contribution < 1.29 is 0 Å². The topological polar surface area (TPSA) is 51.9 Å². The van der Waals surface area contributed by atoms with Gasteiger partial charge in [0.05, 0.1) is 16.6 Å². The number of hydrogen-bond acceptors (Lipinski definition) is 2. The summed E-state index contributed by atoms with van der Waals surface area (Å²) in [6, 6.07) is 27.0. The molecule has 0 spiro atoms. The molecule has 3 aromatic heterocycles. The fourth-order valence-corrected chi connectivity index (χ4v) is 4.38. The molecule has 3 heterocycles. The fourth-order valence-electron chi connectivity index (χ4n) is 4.38. The molecular formula is C24H18N6. The van der Waals surface area contributed by atoms with Crippen LogP contribution in [0.3, 0.4) is 0 Å². The number of hydrogen-bond donors (Lipinski definition) is 0. The number of para-hydroxylation sites is 4. The van der Waals surface area contributed by atoms with Gasteiger partial charge in [-0.25, -0.2) is 9.56 Å². The van der Waals surface area contributed by atoms with Crippen molar-refractivity contribution in [3.8, 4) is 5.69 Å². The Hall–Kier alpha value is -4.19. The molecule has 6 rings (SSSR count). The summed E-state index contributed by atoms with van der Waals surface area (Å²) in [7, 11) is 1.72. The molecule has 6 heteroatoms. The van der Waals surface area contributed by atoms with E-state index in [1.165, 1.54) is 0 Å². The van der Waals surface area contributed by atoms with Crippen LogP contribution >= 0.6 is 0 Å². The highest BCUT2D eigenvalue weighted by molar-refractivity contribution is 6.11. The van der Waals surface area contributed by atoms with Crippen molar-refractivity contribution in [2.75, 3.05) is 7.05 Å². The maximum Gasteiger partial charge on any atom is 0.231 e. The van der Waals surface area contributed by atoms with Crippen LogP contribution in [0, 0.1) is 0 Å². The fraction of sp³-hybridized carbons (Fsp3) is 0.0417. The Labute approximate surface area is 172 Å². The van der Waals surface area contributed by atoms with Crippen LogP contribution < -0.4 is 0 Å². The summed E-state index contributed by atoms with van der Waals surface area (Å²) in [4.78, 5) is 13.6. The summed E-state index contributed by atoms with van der Waals surface area (Å²) in [6.45, 7) is 3.71. The first kappa shape index (κ1) is 16.7. The molecule has 0 aliphatic rings. The van der Waals surface area contributed by atoms with E-state index in [1.807, 2.05) is 34.9 Å². The van der Waals surface area contributed by atoms with Gasteiger partial charge in [-0.05, 0) is 37.0 Å². The summed E-state index contributed by atoms with van der Waals surface area (Å²) >= 11 is 0. The average molecular weight is 390 g/mol. The summed E-state index contributed by atoms with van der Waals surface area (Å²) in [5.74, 6) is 1.29. The van der Waals surface area contributed by atoms with Crippen molar-refractivity contribution in [3.63, 3.8) is 0 Å². The third-order valence-corrected chi connectivity index (χ3v) is 5.57. The lowest BCUT2D eigenvalue weighted by Crippen LogP contribution is -2.09. The van der Waals surface area contributed by atoms with Crippen LogP contribution in [-0.2, 0) is 0 Å². The van der Waals surface area contributed by atoms with Crippen molar-refractivity contribution in [1.29, 1.82) is 0 Å². The molecule has 0 aliphatic heterocycles. The molecule has 0 fully saturated rings. The Morgan fingerprint density at radius 2 is 1.50 bits per heavy atom. The van der Waals surface area contributed by atoms with Gasteiger partial charge in [-0.3, -0.25) is 14.0 Å². The molecule has 0 aliphatic carbocycles. The van der Waals surface area contributed by atoms with E-state index < -0.39 is 0 Å². The number of rotatable bonds is 1. The lowest BCUT2D eigenvalue weighted by Gasteiger charge is -2.06. The number of nitrogens with zero attached hydrogens (tertiary/aromatic N) is 6. The van der Waals surface area contributed by atoms with E-state index in [1.54, 1.807) is 7.05 Å². The molecule has 0 radical (unpaired) electrons. The number of aromatic nitrogens is 4. The maximum atomic E-state index is 5.10. The quantitative estimate of drug-likeness (QED) is 0.290. The third-order valence-electron chi connectivity index (χ3n) is 5.57. The minimum absolute atomic E-state index is 0.518. The molecule has 0 amide bonds. The predicted molar refractivity (Wildman–Crippen MR) is 123 cm³/mol. The van der Waals surface area contributed by atoms with Crippen LogP contribution in [0.25, 0.3) is 44.6 Å². The van der Waals surface area contributed by atoms with Crippen molar-refractivity contribution in [2.45, 2.75) is 0 Å². The van der Waals surface area contributed by atoms with E-state index in [0.29, 0.717) is 5.96 Å². The van der Waals surface area contributed by atoms with Gasteiger partial charge >= 0.3 is 0 Å². The van der Waals surface area contributed by atoms with Gasteiger partial charge < -0.3 is 0 Å². The van der Waals surface area contributed by atoms with Gasteiger partial charge in [0, 0.05) is 18.1 Å². The molecule has 144 valence electrons. The minimum Gasteiger partial charge on any atom is -0.292 e. The second kappa shape index (κ2) is 6.15. The third kappa shape index (κ3) is 2.05. The van der Waals surface area contributed by atoms with Crippen LogP contribution in [-0.4, -0.2) is 38.2 Å². The van der Waals surface area contributed by atoms with E-state index in [0.717, 1.165) is 44.6 Å². The molecule has 0 atom stereocenters. The van der Waals surface area contributed by atoms with Crippen molar-refractivity contribution >= 4 is 51.6 Å². The van der Waals surface area contributed by atoms with Crippen molar-refractivity contribution in [2.24, 2.45) is 9.98 Å². The molecule has 0 unspecified atom stereocenters. The Kier molecular flexibility index (Phi) is 3.43. The SMILES string of the molecule is C=NC(=NC)n1c2ccccc2n2c3c4ccccc4n(-c4ccccc4)c3nc12. The van der Waals surface area contributed by atoms with Gasteiger partial charge in [0.15, 0.2) is 5.65 Å². The standard InChI is InChI=1S/C24H18N6/c1-25-23(26-2)30-20-15-9-8-14-19(20)29-21-17-12-6-7-13-18(17)28(22(21)27-24(29)30)16-10-4-3-5-11-16/h3-15H,1H2,2H3. The van der Waals surface area contributed by atoms with E-state index in [-0.39, 0.29) is 0 Å². The second-order valence-corrected chi connectivity index (χ2v) is 7.11. The maximum absolute atomic E-state index is 5.10. The second-order valence-electron chi connectivity index (χ2n) is 7.11. The largest absolute Gasteiger partial charge is 0.292 e. The highest BCUT2D eigenvalue weighted by atomic mass is 15.3. The first-order valence-corrected chi connectivity index (χ1v) is 9.74. The molecule has 0 bridgehead atoms. The lowest BCUT2D eigenvalue weighted by molar-refractivity contribution is 1.11. The number of imidazole rings is 2. The van der Waals surface area contributed by atoms with Gasteiger partial charge in [0.2, 0.25) is 11.7 Å². The first-order chi connectivity index (χ1) is 14.8. The van der Waals surface area contributed by atoms with Crippen molar-refractivity contribution in [3.05, 3.63) is 78.9 Å². The highest BCUT2D eigenvalue weighted by Crippen LogP contribution is 2.35. The number of aliphatic imine (C=N–C) groups is 2. The van der Waals surface area contributed by atoms with E-state index >= 15 is 0 Å². The van der Waals surface area contributed by atoms with Crippen molar-refractivity contribution in [1.82, 2.24) is 18.5 Å². The summed E-state index contributed by atoms with van der Waals surface area (Å²) < 4.78 is 6.37. The zero-order valence-electron chi connectivity index (χ0n) is 16.4. The molecule has 0 saturated heterocycles. The number of fused-ring (bicyclic) bond motifs is 7. The first-order valence-electron chi connectivity index (χ1n) is 9.74. The zero-order valence-corrected chi connectivity index (χ0v) is 16.4. The molecule has 30 heavy (non-hydrogen) atoms. The van der Waals surface area contributed by atoms with Gasteiger partial charge in [-0.1, -0.05) is 48.5 Å². The van der Waals surface area contributed by atoms with E-state index in [4.69, 9.17) is 4.98 Å². The minimum atomic E-state index is 0.518. The number of benzene rings is 3. The van der Waals surface area contributed by atoms with Crippen LogP contribution in [0.1, 0.15) is 0 Å². The van der Waals surface area contributed by atoms with Gasteiger partial charge in [0.25, 0.3) is 0 Å². The zero-order chi connectivity index (χ0) is 20.2. The summed E-state index contributed by atoms with van der Waals surface area (Å²) in [5, 5.41) is 1.15. The van der Waals surface area contributed by atoms with Crippen LogP contribution in [0.15, 0.2) is 88.8 Å². The molecule has 6 aromatic rings. The Morgan fingerprint density at radius 1 is 0.833 bits per heavy atom. The van der Waals surface area contributed by atoms with Crippen LogP contribution in [0.4, 0.5) is 0 Å². The van der Waals surface area contributed by atoms with Gasteiger partial charge in [-0.2, -0.15) is 4.98 Å². The lowest BCUT2D eigenvalue weighted by atomic mass is 10.2. The monoisotopic (exact) mass is 390 g/mol. The Morgan fingerprint density at radius 3 is 2.23 bits per heavy atom. The van der Waals surface area contributed by atoms with Crippen LogP contribution in [0.2, 0.25) is 0 Å². The normalized spacial score (nSPS) is 12.5. The summed E-state index contributed by atoms with van der Waals surface area (Å²) in [6.07, 6.45) is 0. The Bertz CT molecular complexity index is 1610.